The summed E-state index contributed by atoms with van der Waals surface area (Å²) in [6, 6.07) is 20.3. The maximum Gasteiger partial charge on any atom is 0.262 e. The van der Waals surface area contributed by atoms with Crippen molar-refractivity contribution in [3.63, 3.8) is 0 Å². The number of imidazole rings is 1. The Kier molecular flexibility index (Phi) is 6.01. The Bertz CT molecular complexity index is 1220. The molecule has 2 aromatic heterocycles. The molecule has 166 valence electrons. The van der Waals surface area contributed by atoms with Crippen LogP contribution < -0.4 is 14.8 Å². The van der Waals surface area contributed by atoms with Crippen LogP contribution in [0.3, 0.4) is 0 Å². The lowest BCUT2D eigenvalue weighted by molar-refractivity contribution is -0.118. The Balaban J connectivity index is 1.13. The maximum absolute atomic E-state index is 12.3. The molecule has 0 saturated carbocycles. The molecule has 0 bridgehead atoms. The zero-order chi connectivity index (χ0) is 22.5. The fourth-order valence-corrected chi connectivity index (χ4v) is 3.85. The summed E-state index contributed by atoms with van der Waals surface area (Å²) in [4.78, 5) is 21.0. The minimum absolute atomic E-state index is 0.0873. The van der Waals surface area contributed by atoms with Crippen molar-refractivity contribution >= 4 is 11.6 Å². The number of anilines is 1. The number of nitrogens with zero attached hydrogens (tertiary/aromatic N) is 3. The SMILES string of the molecule is O=C(COc1ccc(Oc2ccccn2)cc1)Nc1ccc(-c2ncc3n2CCCC3)cc1. The molecule has 33 heavy (non-hydrogen) atoms. The summed E-state index contributed by atoms with van der Waals surface area (Å²) in [6.45, 7) is 0.923. The van der Waals surface area contributed by atoms with E-state index in [1.807, 2.05) is 42.6 Å². The van der Waals surface area contributed by atoms with Gasteiger partial charge in [0.15, 0.2) is 6.61 Å². The number of rotatable bonds is 7. The molecule has 1 aliphatic heterocycles. The first-order valence-corrected chi connectivity index (χ1v) is 11.0. The number of hydrogen-bond acceptors (Lipinski definition) is 5. The molecule has 1 N–H and O–H groups in total. The molecule has 0 aliphatic carbocycles. The zero-order valence-electron chi connectivity index (χ0n) is 18.1. The summed E-state index contributed by atoms with van der Waals surface area (Å²) in [5, 5.41) is 2.87. The lowest BCUT2D eigenvalue weighted by Gasteiger charge is -2.16. The summed E-state index contributed by atoms with van der Waals surface area (Å²) >= 11 is 0. The third-order valence-electron chi connectivity index (χ3n) is 5.48. The fraction of sp³-hybridized carbons (Fsp3) is 0.192. The minimum Gasteiger partial charge on any atom is -0.484 e. The number of aromatic nitrogens is 3. The summed E-state index contributed by atoms with van der Waals surface area (Å²) in [7, 11) is 0. The van der Waals surface area contributed by atoms with Crippen LogP contribution in [0.2, 0.25) is 0 Å². The standard InChI is InChI=1S/C26H24N4O3/c31-24(18-32-22-11-13-23(14-12-22)33-25-6-1-3-15-27-25)29-20-9-7-19(8-10-20)26-28-17-21-5-2-4-16-30(21)26/h1,3,6-15,17H,2,4-5,16,18H2,(H,29,31). The molecule has 3 heterocycles. The highest BCUT2D eigenvalue weighted by molar-refractivity contribution is 5.92. The highest BCUT2D eigenvalue weighted by Gasteiger charge is 2.15. The van der Waals surface area contributed by atoms with Crippen LogP contribution in [-0.2, 0) is 17.8 Å². The van der Waals surface area contributed by atoms with E-state index in [-0.39, 0.29) is 12.5 Å². The number of fused-ring (bicyclic) bond motifs is 1. The number of amides is 1. The number of hydrogen-bond donors (Lipinski definition) is 1. The van der Waals surface area contributed by atoms with Gasteiger partial charge < -0.3 is 19.4 Å². The van der Waals surface area contributed by atoms with Crippen molar-refractivity contribution < 1.29 is 14.3 Å². The van der Waals surface area contributed by atoms with Crippen LogP contribution in [0.1, 0.15) is 18.5 Å². The highest BCUT2D eigenvalue weighted by atomic mass is 16.5. The molecule has 4 aromatic rings. The van der Waals surface area contributed by atoms with Crippen LogP contribution in [0.5, 0.6) is 17.4 Å². The van der Waals surface area contributed by atoms with Gasteiger partial charge in [-0.25, -0.2) is 9.97 Å². The lowest BCUT2D eigenvalue weighted by Crippen LogP contribution is -2.20. The number of ether oxygens (including phenoxy) is 2. The molecule has 1 amide bonds. The van der Waals surface area contributed by atoms with E-state index in [0.717, 1.165) is 30.0 Å². The lowest BCUT2D eigenvalue weighted by atomic mass is 10.1. The predicted molar refractivity (Wildman–Crippen MR) is 125 cm³/mol. The molecule has 7 heteroatoms. The molecule has 5 rings (SSSR count). The molecule has 2 aromatic carbocycles. The van der Waals surface area contributed by atoms with E-state index in [2.05, 4.69) is 19.9 Å². The first kappa shape index (κ1) is 20.8. The Morgan fingerprint density at radius 3 is 2.55 bits per heavy atom. The van der Waals surface area contributed by atoms with E-state index in [0.29, 0.717) is 17.4 Å². The molecule has 0 unspecified atom stereocenters. The third-order valence-corrected chi connectivity index (χ3v) is 5.48. The molecule has 1 aliphatic rings. The van der Waals surface area contributed by atoms with Gasteiger partial charge in [-0.15, -0.1) is 0 Å². The molecule has 0 radical (unpaired) electrons. The van der Waals surface area contributed by atoms with Gasteiger partial charge in [-0.3, -0.25) is 4.79 Å². The second-order valence-electron chi connectivity index (χ2n) is 7.84. The predicted octanol–water partition coefficient (Wildman–Crippen LogP) is 5.09. The molecular formula is C26H24N4O3. The number of carbonyl (C=O) groups is 1. The third kappa shape index (κ3) is 5.03. The van der Waals surface area contributed by atoms with Gasteiger partial charge in [-0.05, 0) is 73.9 Å². The summed E-state index contributed by atoms with van der Waals surface area (Å²) in [5.74, 6) is 2.50. The molecule has 0 spiro atoms. The largest absolute Gasteiger partial charge is 0.484 e. The smallest absolute Gasteiger partial charge is 0.262 e. The quantitative estimate of drug-likeness (QED) is 0.433. The Morgan fingerprint density at radius 1 is 0.939 bits per heavy atom. The average Bonchev–Trinajstić information content (AvgIpc) is 3.29. The van der Waals surface area contributed by atoms with Crippen LogP contribution in [-0.4, -0.2) is 27.0 Å². The van der Waals surface area contributed by atoms with E-state index in [9.17, 15) is 4.79 Å². The Morgan fingerprint density at radius 2 is 1.76 bits per heavy atom. The van der Waals surface area contributed by atoms with Crippen molar-refractivity contribution in [2.45, 2.75) is 25.8 Å². The van der Waals surface area contributed by atoms with E-state index in [1.165, 1.54) is 18.5 Å². The first-order chi connectivity index (χ1) is 16.2. The molecule has 0 saturated heterocycles. The molecule has 7 nitrogen and oxygen atoms in total. The summed E-state index contributed by atoms with van der Waals surface area (Å²) < 4.78 is 13.5. The van der Waals surface area contributed by atoms with Gasteiger partial charge in [0.25, 0.3) is 5.91 Å². The van der Waals surface area contributed by atoms with Crippen molar-refractivity contribution in [2.75, 3.05) is 11.9 Å². The summed E-state index contributed by atoms with van der Waals surface area (Å²) in [5.41, 5.74) is 3.06. The number of aryl methyl sites for hydroxylation is 1. The molecule has 0 atom stereocenters. The van der Waals surface area contributed by atoms with Crippen LogP contribution in [0.15, 0.2) is 79.1 Å². The van der Waals surface area contributed by atoms with Crippen LogP contribution >= 0.6 is 0 Å². The summed E-state index contributed by atoms with van der Waals surface area (Å²) in [6.07, 6.45) is 7.13. The van der Waals surface area contributed by atoms with E-state index in [4.69, 9.17) is 9.47 Å². The first-order valence-electron chi connectivity index (χ1n) is 11.0. The number of pyridine rings is 1. The highest BCUT2D eigenvalue weighted by Crippen LogP contribution is 2.26. The Hall–Kier alpha value is -4.13. The average molecular weight is 441 g/mol. The zero-order valence-corrected chi connectivity index (χ0v) is 18.1. The van der Waals surface area contributed by atoms with Gasteiger partial charge in [0, 0.05) is 41.9 Å². The normalized spacial score (nSPS) is 12.6. The fourth-order valence-electron chi connectivity index (χ4n) is 3.85. The number of carbonyl (C=O) groups excluding carboxylic acids is 1. The van der Waals surface area contributed by atoms with Crippen molar-refractivity contribution in [1.29, 1.82) is 0 Å². The van der Waals surface area contributed by atoms with Gasteiger partial charge in [0.2, 0.25) is 5.88 Å². The minimum atomic E-state index is -0.227. The van der Waals surface area contributed by atoms with E-state index < -0.39 is 0 Å². The van der Waals surface area contributed by atoms with Gasteiger partial charge in [0.05, 0.1) is 0 Å². The number of nitrogens with one attached hydrogen (secondary N) is 1. The maximum atomic E-state index is 12.3. The van der Waals surface area contributed by atoms with Gasteiger partial charge >= 0.3 is 0 Å². The van der Waals surface area contributed by atoms with Crippen LogP contribution in [0, 0.1) is 0 Å². The van der Waals surface area contributed by atoms with Gasteiger partial charge in [0.1, 0.15) is 17.3 Å². The Labute approximate surface area is 192 Å². The van der Waals surface area contributed by atoms with Crippen LogP contribution in [0.25, 0.3) is 11.4 Å². The number of benzene rings is 2. The monoisotopic (exact) mass is 440 g/mol. The van der Waals surface area contributed by atoms with Gasteiger partial charge in [-0.1, -0.05) is 6.07 Å². The molecular weight excluding hydrogens is 416 g/mol. The van der Waals surface area contributed by atoms with Crippen LogP contribution in [0.4, 0.5) is 5.69 Å². The molecule has 0 fully saturated rings. The van der Waals surface area contributed by atoms with Crippen molar-refractivity contribution in [3.05, 3.63) is 84.8 Å². The second kappa shape index (κ2) is 9.56. The van der Waals surface area contributed by atoms with E-state index >= 15 is 0 Å². The second-order valence-corrected chi connectivity index (χ2v) is 7.84. The van der Waals surface area contributed by atoms with Crippen molar-refractivity contribution in [3.8, 4) is 28.8 Å². The topological polar surface area (TPSA) is 78.3 Å². The van der Waals surface area contributed by atoms with Crippen molar-refractivity contribution in [1.82, 2.24) is 14.5 Å². The van der Waals surface area contributed by atoms with Gasteiger partial charge in [-0.2, -0.15) is 0 Å². The van der Waals surface area contributed by atoms with E-state index in [1.54, 1.807) is 36.5 Å². The van der Waals surface area contributed by atoms with Crippen molar-refractivity contribution in [2.24, 2.45) is 0 Å².